The molecular weight excluding hydrogens is 306 g/mol. The summed E-state index contributed by atoms with van der Waals surface area (Å²) >= 11 is 0. The number of rotatable bonds is 4. The molecule has 0 aliphatic carbocycles. The Bertz CT molecular complexity index is 941. The van der Waals surface area contributed by atoms with Crippen molar-refractivity contribution >= 4 is 10.8 Å². The van der Waals surface area contributed by atoms with E-state index >= 15 is 0 Å². The van der Waals surface area contributed by atoms with Gasteiger partial charge in [0.05, 0.1) is 0 Å². The van der Waals surface area contributed by atoms with E-state index in [9.17, 15) is 5.11 Å². The zero-order chi connectivity index (χ0) is 17.5. The summed E-state index contributed by atoms with van der Waals surface area (Å²) in [7, 11) is 0. The van der Waals surface area contributed by atoms with Gasteiger partial charge in [0.2, 0.25) is 0 Å². The monoisotopic (exact) mass is 327 g/mol. The summed E-state index contributed by atoms with van der Waals surface area (Å²) in [5.41, 5.74) is 2.11. The summed E-state index contributed by atoms with van der Waals surface area (Å²) in [6.07, 6.45) is 3.85. The highest BCUT2D eigenvalue weighted by molar-refractivity contribution is 5.86. The van der Waals surface area contributed by atoms with E-state index in [2.05, 4.69) is 66.5 Å². The fourth-order valence-corrected chi connectivity index (χ4v) is 2.81. The van der Waals surface area contributed by atoms with Crippen LogP contribution in [-0.2, 0) is 0 Å². The molecule has 0 radical (unpaired) electrons. The van der Waals surface area contributed by atoms with Gasteiger partial charge < -0.3 is 10.4 Å². The number of allylic oxidation sites excluding steroid dienone is 1. The predicted octanol–water partition coefficient (Wildman–Crippen LogP) is 4.80. The van der Waals surface area contributed by atoms with Gasteiger partial charge in [-0.25, -0.2) is 0 Å². The molecule has 3 rings (SSSR count). The van der Waals surface area contributed by atoms with Crippen LogP contribution in [0.2, 0.25) is 0 Å². The number of aromatic hydroxyl groups is 1. The second kappa shape index (κ2) is 8.19. The SMILES string of the molecule is CC(NC/C=C/C#Cc1cccc(O)c1)c1cccc2ccccc12. The molecule has 0 saturated heterocycles. The fraction of sp³-hybridized carbons (Fsp3) is 0.130. The summed E-state index contributed by atoms with van der Waals surface area (Å²) in [6.45, 7) is 2.92. The van der Waals surface area contributed by atoms with Crippen LogP contribution in [0.4, 0.5) is 0 Å². The summed E-state index contributed by atoms with van der Waals surface area (Å²) in [6, 6.07) is 22.1. The van der Waals surface area contributed by atoms with Crippen LogP contribution in [0.1, 0.15) is 24.1 Å². The number of hydrogen-bond donors (Lipinski definition) is 2. The van der Waals surface area contributed by atoms with Crippen LogP contribution in [-0.4, -0.2) is 11.7 Å². The Morgan fingerprint density at radius 1 is 1.04 bits per heavy atom. The first-order valence-electron chi connectivity index (χ1n) is 8.40. The van der Waals surface area contributed by atoms with Gasteiger partial charge in [-0.2, -0.15) is 0 Å². The van der Waals surface area contributed by atoms with E-state index in [1.54, 1.807) is 18.2 Å². The number of hydrogen-bond acceptors (Lipinski definition) is 2. The Hall–Kier alpha value is -3.02. The number of fused-ring (bicyclic) bond motifs is 1. The second-order valence-corrected chi connectivity index (χ2v) is 5.92. The minimum absolute atomic E-state index is 0.237. The fourth-order valence-electron chi connectivity index (χ4n) is 2.81. The average Bonchev–Trinajstić information content (AvgIpc) is 2.64. The molecule has 124 valence electrons. The van der Waals surface area contributed by atoms with E-state index in [-0.39, 0.29) is 11.8 Å². The molecule has 2 heteroatoms. The van der Waals surface area contributed by atoms with Crippen LogP contribution in [0.25, 0.3) is 10.8 Å². The van der Waals surface area contributed by atoms with Crippen molar-refractivity contribution in [1.29, 1.82) is 0 Å². The first-order valence-corrected chi connectivity index (χ1v) is 8.40. The Morgan fingerprint density at radius 3 is 2.72 bits per heavy atom. The largest absolute Gasteiger partial charge is 0.508 e. The third-order valence-electron chi connectivity index (χ3n) is 4.10. The number of phenols is 1. The van der Waals surface area contributed by atoms with Crippen LogP contribution in [0.15, 0.2) is 78.9 Å². The molecule has 3 aromatic carbocycles. The summed E-state index contributed by atoms with van der Waals surface area (Å²) in [5.74, 6) is 6.23. The van der Waals surface area contributed by atoms with Crippen LogP contribution in [0.3, 0.4) is 0 Å². The Kier molecular flexibility index (Phi) is 5.51. The molecule has 0 saturated carbocycles. The highest BCUT2D eigenvalue weighted by Gasteiger charge is 2.07. The third kappa shape index (κ3) is 4.50. The molecule has 0 amide bonds. The van der Waals surface area contributed by atoms with Crippen molar-refractivity contribution in [2.45, 2.75) is 13.0 Å². The lowest BCUT2D eigenvalue weighted by Gasteiger charge is -2.15. The zero-order valence-electron chi connectivity index (χ0n) is 14.2. The van der Waals surface area contributed by atoms with E-state index < -0.39 is 0 Å². The van der Waals surface area contributed by atoms with Gasteiger partial charge in [-0.3, -0.25) is 0 Å². The Morgan fingerprint density at radius 2 is 1.84 bits per heavy atom. The molecule has 1 unspecified atom stereocenters. The van der Waals surface area contributed by atoms with Gasteiger partial charge in [0, 0.05) is 18.2 Å². The molecule has 0 aliphatic rings. The lowest BCUT2D eigenvalue weighted by molar-refractivity contribution is 0.475. The maximum atomic E-state index is 9.40. The van der Waals surface area contributed by atoms with Gasteiger partial charge in [0.15, 0.2) is 0 Å². The Labute approximate surface area is 148 Å². The van der Waals surface area contributed by atoms with Gasteiger partial charge in [0.25, 0.3) is 0 Å². The van der Waals surface area contributed by atoms with E-state index in [1.165, 1.54) is 16.3 Å². The molecule has 0 aliphatic heterocycles. The van der Waals surface area contributed by atoms with Gasteiger partial charge in [-0.05, 0) is 47.5 Å². The Balaban J connectivity index is 1.58. The maximum Gasteiger partial charge on any atom is 0.116 e. The molecule has 3 aromatic rings. The van der Waals surface area contributed by atoms with Gasteiger partial charge in [0.1, 0.15) is 5.75 Å². The first kappa shape index (κ1) is 16.8. The van der Waals surface area contributed by atoms with Crippen LogP contribution >= 0.6 is 0 Å². The first-order chi connectivity index (χ1) is 12.2. The van der Waals surface area contributed by atoms with Crippen molar-refractivity contribution in [3.63, 3.8) is 0 Å². The number of benzene rings is 3. The van der Waals surface area contributed by atoms with Crippen molar-refractivity contribution in [1.82, 2.24) is 5.32 Å². The van der Waals surface area contributed by atoms with Crippen molar-refractivity contribution in [3.8, 4) is 17.6 Å². The normalized spacial score (nSPS) is 12.0. The number of nitrogens with one attached hydrogen (secondary N) is 1. The molecule has 25 heavy (non-hydrogen) atoms. The van der Waals surface area contributed by atoms with Gasteiger partial charge in [-0.15, -0.1) is 0 Å². The van der Waals surface area contributed by atoms with E-state index in [4.69, 9.17) is 0 Å². The standard InChI is InChI=1S/C23H21NO/c1-18(22-15-8-12-20-11-4-5-14-23(20)22)24-16-6-2-3-9-19-10-7-13-21(25)17-19/h2,4-8,10-15,17-18,24-25H,16H2,1H3/b6-2+. The average molecular weight is 327 g/mol. The molecule has 1 atom stereocenters. The summed E-state index contributed by atoms with van der Waals surface area (Å²) in [4.78, 5) is 0. The number of phenolic OH excluding ortho intramolecular Hbond substituents is 1. The van der Waals surface area contributed by atoms with Crippen molar-refractivity contribution in [2.75, 3.05) is 6.54 Å². The van der Waals surface area contributed by atoms with E-state index in [0.29, 0.717) is 0 Å². The van der Waals surface area contributed by atoms with Crippen molar-refractivity contribution < 1.29 is 5.11 Å². The second-order valence-electron chi connectivity index (χ2n) is 5.92. The molecule has 0 bridgehead atoms. The van der Waals surface area contributed by atoms with Gasteiger partial charge >= 0.3 is 0 Å². The smallest absolute Gasteiger partial charge is 0.116 e. The third-order valence-corrected chi connectivity index (χ3v) is 4.10. The van der Waals surface area contributed by atoms with Crippen molar-refractivity contribution in [3.05, 3.63) is 90.0 Å². The van der Waals surface area contributed by atoms with Crippen LogP contribution < -0.4 is 5.32 Å². The molecule has 2 N–H and O–H groups in total. The molecule has 2 nitrogen and oxygen atoms in total. The molecule has 0 aromatic heterocycles. The minimum Gasteiger partial charge on any atom is -0.508 e. The quantitative estimate of drug-likeness (QED) is 0.674. The molecule has 0 fully saturated rings. The topological polar surface area (TPSA) is 32.3 Å². The lowest BCUT2D eigenvalue weighted by Crippen LogP contribution is -2.18. The molecule has 0 heterocycles. The highest BCUT2D eigenvalue weighted by atomic mass is 16.3. The maximum absolute atomic E-state index is 9.40. The minimum atomic E-state index is 0.237. The highest BCUT2D eigenvalue weighted by Crippen LogP contribution is 2.23. The summed E-state index contributed by atoms with van der Waals surface area (Å²) in [5, 5.41) is 15.5. The van der Waals surface area contributed by atoms with Crippen LogP contribution in [0.5, 0.6) is 5.75 Å². The lowest BCUT2D eigenvalue weighted by atomic mass is 10.00. The predicted molar refractivity (Wildman–Crippen MR) is 104 cm³/mol. The van der Waals surface area contributed by atoms with E-state index in [0.717, 1.165) is 12.1 Å². The van der Waals surface area contributed by atoms with E-state index in [1.807, 2.05) is 18.2 Å². The van der Waals surface area contributed by atoms with Crippen LogP contribution in [0, 0.1) is 11.8 Å². The van der Waals surface area contributed by atoms with Crippen molar-refractivity contribution in [2.24, 2.45) is 0 Å². The molecular formula is C23H21NO. The van der Waals surface area contributed by atoms with Gasteiger partial charge in [-0.1, -0.05) is 66.4 Å². The zero-order valence-corrected chi connectivity index (χ0v) is 14.2. The molecule has 0 spiro atoms. The summed E-state index contributed by atoms with van der Waals surface area (Å²) < 4.78 is 0.